The molecule has 0 amide bonds. The highest BCUT2D eigenvalue weighted by molar-refractivity contribution is 7.15. The maximum absolute atomic E-state index is 4.74. The van der Waals surface area contributed by atoms with E-state index in [-0.39, 0.29) is 0 Å². The van der Waals surface area contributed by atoms with E-state index in [4.69, 9.17) is 4.98 Å². The molecule has 0 bridgehead atoms. The summed E-state index contributed by atoms with van der Waals surface area (Å²) in [6.07, 6.45) is 1.80. The number of benzene rings is 1. The first-order valence-corrected chi connectivity index (χ1v) is 7.01. The van der Waals surface area contributed by atoms with E-state index in [1.54, 1.807) is 17.5 Å². The van der Waals surface area contributed by atoms with Gasteiger partial charge in [-0.3, -0.25) is 4.98 Å². The van der Waals surface area contributed by atoms with Gasteiger partial charge in [-0.2, -0.15) is 0 Å². The van der Waals surface area contributed by atoms with Gasteiger partial charge in [-0.1, -0.05) is 35.9 Å². The van der Waals surface area contributed by atoms with Gasteiger partial charge in [0.15, 0.2) is 0 Å². The summed E-state index contributed by atoms with van der Waals surface area (Å²) in [6.45, 7) is 4.20. The number of thiazole rings is 1. The van der Waals surface area contributed by atoms with Crippen molar-refractivity contribution in [3.05, 3.63) is 59.1 Å². The van der Waals surface area contributed by atoms with E-state index < -0.39 is 0 Å². The van der Waals surface area contributed by atoms with Gasteiger partial charge >= 0.3 is 0 Å². The van der Waals surface area contributed by atoms with E-state index in [1.165, 1.54) is 16.0 Å². The minimum absolute atomic E-state index is 0.939. The van der Waals surface area contributed by atoms with Gasteiger partial charge in [-0.25, -0.2) is 4.98 Å². The number of hydrogen-bond donors (Lipinski definition) is 0. The topological polar surface area (TPSA) is 25.8 Å². The van der Waals surface area contributed by atoms with Crippen LogP contribution in [0.3, 0.4) is 0 Å². The molecular formula is C16H14N2S. The summed E-state index contributed by atoms with van der Waals surface area (Å²) in [6, 6.07) is 14.4. The van der Waals surface area contributed by atoms with Crippen LogP contribution in [0.25, 0.3) is 22.0 Å². The molecule has 0 saturated heterocycles. The predicted octanol–water partition coefficient (Wildman–Crippen LogP) is 4.49. The SMILES string of the molecule is Cc1ccc(-c2nc(-c3ccccn3)sc2C)cc1. The van der Waals surface area contributed by atoms with Crippen LogP contribution < -0.4 is 0 Å². The average molecular weight is 266 g/mol. The highest BCUT2D eigenvalue weighted by atomic mass is 32.1. The second kappa shape index (κ2) is 4.94. The van der Waals surface area contributed by atoms with Crippen molar-refractivity contribution in [2.24, 2.45) is 0 Å². The van der Waals surface area contributed by atoms with Gasteiger partial charge in [-0.15, -0.1) is 11.3 Å². The molecule has 2 nitrogen and oxygen atoms in total. The van der Waals surface area contributed by atoms with Gasteiger partial charge in [0.1, 0.15) is 5.01 Å². The molecule has 0 fully saturated rings. The second-order valence-electron chi connectivity index (χ2n) is 4.50. The van der Waals surface area contributed by atoms with E-state index in [0.29, 0.717) is 0 Å². The zero-order valence-corrected chi connectivity index (χ0v) is 11.7. The molecule has 0 atom stereocenters. The minimum Gasteiger partial charge on any atom is -0.254 e. The van der Waals surface area contributed by atoms with Crippen LogP contribution in [0.2, 0.25) is 0 Å². The molecular weight excluding hydrogens is 252 g/mol. The Bertz CT molecular complexity index is 685. The van der Waals surface area contributed by atoms with Crippen molar-refractivity contribution >= 4 is 11.3 Å². The van der Waals surface area contributed by atoms with Gasteiger partial charge in [0.2, 0.25) is 0 Å². The average Bonchev–Trinajstić information content (AvgIpc) is 2.83. The summed E-state index contributed by atoms with van der Waals surface area (Å²) >= 11 is 1.69. The van der Waals surface area contributed by atoms with Crippen molar-refractivity contribution in [2.75, 3.05) is 0 Å². The lowest BCUT2D eigenvalue weighted by Gasteiger charge is -1.99. The van der Waals surface area contributed by atoms with E-state index >= 15 is 0 Å². The summed E-state index contributed by atoms with van der Waals surface area (Å²) in [5, 5.41) is 0.980. The number of nitrogens with zero attached hydrogens (tertiary/aromatic N) is 2. The molecule has 19 heavy (non-hydrogen) atoms. The van der Waals surface area contributed by atoms with Crippen LogP contribution in [-0.2, 0) is 0 Å². The summed E-state index contributed by atoms with van der Waals surface area (Å²) < 4.78 is 0. The van der Waals surface area contributed by atoms with E-state index in [9.17, 15) is 0 Å². The second-order valence-corrected chi connectivity index (χ2v) is 5.71. The summed E-state index contributed by atoms with van der Waals surface area (Å²) in [4.78, 5) is 10.3. The molecule has 0 aliphatic heterocycles. The molecule has 3 rings (SSSR count). The van der Waals surface area contributed by atoms with Crippen LogP contribution in [0.1, 0.15) is 10.4 Å². The third-order valence-corrected chi connectivity index (χ3v) is 4.00. The Hall–Kier alpha value is -2.00. The van der Waals surface area contributed by atoms with Crippen molar-refractivity contribution in [1.82, 2.24) is 9.97 Å². The Balaban J connectivity index is 2.05. The third kappa shape index (κ3) is 2.42. The number of hydrogen-bond acceptors (Lipinski definition) is 3. The van der Waals surface area contributed by atoms with Crippen LogP contribution in [0.15, 0.2) is 48.7 Å². The maximum Gasteiger partial charge on any atom is 0.142 e. The monoisotopic (exact) mass is 266 g/mol. The van der Waals surface area contributed by atoms with Gasteiger partial charge in [-0.05, 0) is 26.0 Å². The number of pyridine rings is 1. The van der Waals surface area contributed by atoms with E-state index in [2.05, 4.69) is 43.1 Å². The molecule has 2 aromatic heterocycles. The van der Waals surface area contributed by atoms with Crippen molar-refractivity contribution in [3.8, 4) is 22.0 Å². The van der Waals surface area contributed by atoms with E-state index in [1.807, 2.05) is 18.2 Å². The number of aryl methyl sites for hydroxylation is 2. The first-order valence-electron chi connectivity index (χ1n) is 6.20. The first kappa shape index (κ1) is 12.1. The number of rotatable bonds is 2. The minimum atomic E-state index is 0.939. The molecule has 2 heterocycles. The number of aromatic nitrogens is 2. The zero-order valence-electron chi connectivity index (χ0n) is 10.9. The predicted molar refractivity (Wildman–Crippen MR) is 80.3 cm³/mol. The van der Waals surface area contributed by atoms with Crippen molar-refractivity contribution in [1.29, 1.82) is 0 Å². The van der Waals surface area contributed by atoms with Crippen LogP contribution in [0.5, 0.6) is 0 Å². The Morgan fingerprint density at radius 2 is 1.74 bits per heavy atom. The molecule has 1 aromatic carbocycles. The van der Waals surface area contributed by atoms with Crippen molar-refractivity contribution in [2.45, 2.75) is 13.8 Å². The van der Waals surface area contributed by atoms with Crippen LogP contribution in [-0.4, -0.2) is 9.97 Å². The molecule has 0 aliphatic rings. The fraction of sp³-hybridized carbons (Fsp3) is 0.125. The van der Waals surface area contributed by atoms with Crippen LogP contribution >= 0.6 is 11.3 Å². The summed E-state index contributed by atoms with van der Waals surface area (Å²) in [5.41, 5.74) is 4.43. The standard InChI is InChI=1S/C16H14N2S/c1-11-6-8-13(9-7-11)15-12(2)19-16(18-15)14-5-3-4-10-17-14/h3-10H,1-2H3. The Labute approximate surface area is 116 Å². The molecule has 3 heteroatoms. The molecule has 0 saturated carbocycles. The van der Waals surface area contributed by atoms with Gasteiger partial charge < -0.3 is 0 Å². The molecule has 3 aromatic rings. The molecule has 0 N–H and O–H groups in total. The Morgan fingerprint density at radius 1 is 0.947 bits per heavy atom. The Morgan fingerprint density at radius 3 is 2.42 bits per heavy atom. The van der Waals surface area contributed by atoms with Crippen molar-refractivity contribution in [3.63, 3.8) is 0 Å². The van der Waals surface area contributed by atoms with Gasteiger partial charge in [0, 0.05) is 16.6 Å². The summed E-state index contributed by atoms with van der Waals surface area (Å²) in [7, 11) is 0. The van der Waals surface area contributed by atoms with Gasteiger partial charge in [0.25, 0.3) is 0 Å². The van der Waals surface area contributed by atoms with Crippen LogP contribution in [0.4, 0.5) is 0 Å². The first-order chi connectivity index (χ1) is 9.24. The molecule has 0 spiro atoms. The highest BCUT2D eigenvalue weighted by Crippen LogP contribution is 2.32. The lowest BCUT2D eigenvalue weighted by Crippen LogP contribution is -1.83. The summed E-state index contributed by atoms with van der Waals surface area (Å²) in [5.74, 6) is 0. The fourth-order valence-electron chi connectivity index (χ4n) is 1.97. The third-order valence-electron chi connectivity index (χ3n) is 3.01. The van der Waals surface area contributed by atoms with Crippen LogP contribution in [0, 0.1) is 13.8 Å². The molecule has 0 unspecified atom stereocenters. The molecule has 0 radical (unpaired) electrons. The zero-order chi connectivity index (χ0) is 13.2. The lowest BCUT2D eigenvalue weighted by molar-refractivity contribution is 1.29. The van der Waals surface area contributed by atoms with Crippen molar-refractivity contribution < 1.29 is 0 Å². The van der Waals surface area contributed by atoms with Gasteiger partial charge in [0.05, 0.1) is 11.4 Å². The highest BCUT2D eigenvalue weighted by Gasteiger charge is 2.11. The van der Waals surface area contributed by atoms with E-state index in [0.717, 1.165) is 16.4 Å². The quantitative estimate of drug-likeness (QED) is 0.683. The largest absolute Gasteiger partial charge is 0.254 e. The molecule has 94 valence electrons. The lowest BCUT2D eigenvalue weighted by atomic mass is 10.1. The Kier molecular flexibility index (Phi) is 3.13. The molecule has 0 aliphatic carbocycles. The fourth-order valence-corrected chi connectivity index (χ4v) is 2.89. The smallest absolute Gasteiger partial charge is 0.142 e. The maximum atomic E-state index is 4.74. The normalized spacial score (nSPS) is 10.6.